The first kappa shape index (κ1) is 13.6. The molecule has 0 aromatic carbocycles. The van der Waals surface area contributed by atoms with Gasteiger partial charge in [-0.3, -0.25) is 10.8 Å². The van der Waals surface area contributed by atoms with Crippen molar-refractivity contribution in [2.45, 2.75) is 25.7 Å². The third-order valence-corrected chi connectivity index (χ3v) is 3.16. The highest BCUT2D eigenvalue weighted by Gasteiger charge is 1.94. The van der Waals surface area contributed by atoms with Crippen LogP contribution in [0.1, 0.15) is 25.7 Å². The van der Waals surface area contributed by atoms with E-state index in [9.17, 15) is 0 Å². The lowest BCUT2D eigenvalue weighted by Crippen LogP contribution is -2.05. The van der Waals surface area contributed by atoms with Crippen LogP contribution in [0, 0.1) is 10.8 Å². The molecule has 6 heteroatoms. The van der Waals surface area contributed by atoms with Gasteiger partial charge in [0.25, 0.3) is 0 Å². The minimum Gasteiger partial charge on any atom is -0.379 e. The van der Waals surface area contributed by atoms with Crippen LogP contribution >= 0.6 is 23.5 Å². The van der Waals surface area contributed by atoms with Gasteiger partial charge in [-0.25, -0.2) is 0 Å². The molecule has 0 bridgehead atoms. The molecule has 0 fully saturated rings. The second-order valence-electron chi connectivity index (χ2n) is 2.84. The lowest BCUT2D eigenvalue weighted by molar-refractivity contribution is 0.712. The predicted molar refractivity (Wildman–Crippen MR) is 67.2 cm³/mol. The molecule has 6 N–H and O–H groups in total. The molecule has 82 valence electrons. The quantitative estimate of drug-likeness (QED) is 0.306. The Labute approximate surface area is 93.6 Å². The highest BCUT2D eigenvalue weighted by Crippen LogP contribution is 2.09. The Morgan fingerprint density at radius 2 is 1.14 bits per heavy atom. The number of hydrogen-bond donors (Lipinski definition) is 4. The highest BCUT2D eigenvalue weighted by molar-refractivity contribution is 8.13. The van der Waals surface area contributed by atoms with Gasteiger partial charge in [0.05, 0.1) is 0 Å². The third-order valence-electron chi connectivity index (χ3n) is 1.55. The summed E-state index contributed by atoms with van der Waals surface area (Å²) in [5.41, 5.74) is 10.4. The van der Waals surface area contributed by atoms with E-state index in [1.165, 1.54) is 36.4 Å². The van der Waals surface area contributed by atoms with Crippen LogP contribution in [-0.4, -0.2) is 21.8 Å². The molecular weight excluding hydrogens is 216 g/mol. The molecule has 0 saturated carbocycles. The van der Waals surface area contributed by atoms with Crippen LogP contribution in [0.3, 0.4) is 0 Å². The van der Waals surface area contributed by atoms with Crippen molar-refractivity contribution >= 4 is 33.9 Å². The summed E-state index contributed by atoms with van der Waals surface area (Å²) in [5, 5.41) is 14.4. The molecule has 0 aliphatic heterocycles. The van der Waals surface area contributed by atoms with Crippen LogP contribution in [0.25, 0.3) is 0 Å². The summed E-state index contributed by atoms with van der Waals surface area (Å²) in [6, 6.07) is 0. The first-order valence-corrected chi connectivity index (χ1v) is 6.53. The molecule has 0 aliphatic rings. The monoisotopic (exact) mass is 234 g/mol. The standard InChI is InChI=1S/C8H18N4S2/c9-7(10)13-5-3-1-2-4-6-14-8(11)12/h1-6H2,(H3,9,10)(H3,11,12). The fourth-order valence-electron chi connectivity index (χ4n) is 0.922. The van der Waals surface area contributed by atoms with Crippen LogP contribution in [0.5, 0.6) is 0 Å². The third kappa shape index (κ3) is 11.6. The van der Waals surface area contributed by atoms with E-state index in [0.717, 1.165) is 24.3 Å². The summed E-state index contributed by atoms with van der Waals surface area (Å²) in [6.45, 7) is 0. The van der Waals surface area contributed by atoms with E-state index in [1.807, 2.05) is 0 Å². The minimum absolute atomic E-state index is 0.206. The minimum atomic E-state index is 0.206. The van der Waals surface area contributed by atoms with Gasteiger partial charge in [-0.15, -0.1) is 0 Å². The van der Waals surface area contributed by atoms with Gasteiger partial charge in [-0.2, -0.15) is 0 Å². The number of nitrogens with one attached hydrogen (secondary N) is 2. The van der Waals surface area contributed by atoms with Gasteiger partial charge in [0, 0.05) is 11.5 Å². The van der Waals surface area contributed by atoms with Gasteiger partial charge in [-0.1, -0.05) is 36.4 Å². The van der Waals surface area contributed by atoms with E-state index < -0.39 is 0 Å². The van der Waals surface area contributed by atoms with E-state index in [2.05, 4.69) is 0 Å². The molecule has 0 unspecified atom stereocenters. The molecule has 0 rings (SSSR count). The van der Waals surface area contributed by atoms with Crippen molar-refractivity contribution in [2.75, 3.05) is 11.5 Å². The zero-order chi connectivity index (χ0) is 10.8. The van der Waals surface area contributed by atoms with E-state index in [4.69, 9.17) is 22.3 Å². The summed E-state index contributed by atoms with van der Waals surface area (Å²) in [6.07, 6.45) is 4.54. The van der Waals surface area contributed by atoms with E-state index in [0.29, 0.717) is 0 Å². The van der Waals surface area contributed by atoms with Gasteiger partial charge < -0.3 is 11.5 Å². The Morgan fingerprint density at radius 3 is 1.43 bits per heavy atom. The summed E-state index contributed by atoms with van der Waals surface area (Å²) in [4.78, 5) is 0. The van der Waals surface area contributed by atoms with Gasteiger partial charge in [0.1, 0.15) is 0 Å². The topological polar surface area (TPSA) is 99.7 Å². The Morgan fingerprint density at radius 1 is 0.786 bits per heavy atom. The average molecular weight is 234 g/mol. The number of rotatable bonds is 7. The molecular formula is C8H18N4S2. The molecule has 14 heavy (non-hydrogen) atoms. The molecule has 0 spiro atoms. The van der Waals surface area contributed by atoms with E-state index in [1.54, 1.807) is 0 Å². The Kier molecular flexibility index (Phi) is 8.97. The van der Waals surface area contributed by atoms with Crippen molar-refractivity contribution in [3.8, 4) is 0 Å². The maximum Gasteiger partial charge on any atom is 0.151 e. The number of thioether (sulfide) groups is 2. The largest absolute Gasteiger partial charge is 0.379 e. The molecule has 0 heterocycles. The van der Waals surface area contributed by atoms with Crippen LogP contribution in [0.15, 0.2) is 0 Å². The zero-order valence-electron chi connectivity index (χ0n) is 8.21. The Bertz CT molecular complexity index is 164. The SMILES string of the molecule is N=C(N)SCCCCCCSC(=N)N. The number of amidine groups is 2. The van der Waals surface area contributed by atoms with Crippen molar-refractivity contribution in [1.29, 1.82) is 10.8 Å². The fraction of sp³-hybridized carbons (Fsp3) is 0.750. The van der Waals surface area contributed by atoms with Crippen molar-refractivity contribution in [1.82, 2.24) is 0 Å². The Balaban J connectivity index is 2.99. The Hall–Kier alpha value is -0.360. The van der Waals surface area contributed by atoms with Crippen molar-refractivity contribution in [2.24, 2.45) is 11.5 Å². The maximum atomic E-state index is 6.99. The molecule has 4 nitrogen and oxygen atoms in total. The fourth-order valence-corrected chi connectivity index (χ4v) is 2.06. The second kappa shape index (κ2) is 9.21. The van der Waals surface area contributed by atoms with Gasteiger partial charge >= 0.3 is 0 Å². The second-order valence-corrected chi connectivity index (χ2v) is 5.11. The lowest BCUT2D eigenvalue weighted by atomic mass is 10.2. The first-order valence-electron chi connectivity index (χ1n) is 4.56. The van der Waals surface area contributed by atoms with Crippen LogP contribution in [0.4, 0.5) is 0 Å². The molecule has 0 saturated heterocycles. The molecule has 0 atom stereocenters. The van der Waals surface area contributed by atoms with Crippen molar-refractivity contribution < 1.29 is 0 Å². The van der Waals surface area contributed by atoms with Crippen LogP contribution < -0.4 is 11.5 Å². The zero-order valence-corrected chi connectivity index (χ0v) is 9.85. The number of unbranched alkanes of at least 4 members (excludes halogenated alkanes) is 3. The van der Waals surface area contributed by atoms with Gasteiger partial charge in [0.15, 0.2) is 10.3 Å². The molecule has 0 aromatic rings. The van der Waals surface area contributed by atoms with Crippen LogP contribution in [0.2, 0.25) is 0 Å². The van der Waals surface area contributed by atoms with Crippen LogP contribution in [-0.2, 0) is 0 Å². The number of nitrogens with two attached hydrogens (primary N) is 2. The summed E-state index contributed by atoms with van der Waals surface area (Å²) < 4.78 is 0. The molecule has 0 aliphatic carbocycles. The van der Waals surface area contributed by atoms with Gasteiger partial charge in [0.2, 0.25) is 0 Å². The van der Waals surface area contributed by atoms with Crippen molar-refractivity contribution in [3.63, 3.8) is 0 Å². The van der Waals surface area contributed by atoms with Gasteiger partial charge in [-0.05, 0) is 12.8 Å². The summed E-state index contributed by atoms with van der Waals surface area (Å²) >= 11 is 2.80. The molecule has 0 amide bonds. The summed E-state index contributed by atoms with van der Waals surface area (Å²) in [7, 11) is 0. The molecule has 0 aromatic heterocycles. The number of hydrogen-bond acceptors (Lipinski definition) is 4. The van der Waals surface area contributed by atoms with E-state index >= 15 is 0 Å². The predicted octanol–water partition coefficient (Wildman–Crippen LogP) is 1.80. The highest BCUT2D eigenvalue weighted by atomic mass is 32.2. The normalized spacial score (nSPS) is 10.0. The smallest absolute Gasteiger partial charge is 0.151 e. The molecule has 0 radical (unpaired) electrons. The average Bonchev–Trinajstić information content (AvgIpc) is 2.08. The lowest BCUT2D eigenvalue weighted by Gasteiger charge is -2.00. The summed E-state index contributed by atoms with van der Waals surface area (Å²) in [5.74, 6) is 1.88. The maximum absolute atomic E-state index is 6.99. The van der Waals surface area contributed by atoms with E-state index in [-0.39, 0.29) is 10.3 Å². The first-order chi connectivity index (χ1) is 6.63. The van der Waals surface area contributed by atoms with Crippen molar-refractivity contribution in [3.05, 3.63) is 0 Å².